The van der Waals surface area contributed by atoms with E-state index in [1.54, 1.807) is 0 Å². The van der Waals surface area contributed by atoms with Crippen molar-refractivity contribution in [2.45, 2.75) is 11.7 Å². The van der Waals surface area contributed by atoms with E-state index in [0.717, 1.165) is 16.9 Å². The van der Waals surface area contributed by atoms with Gasteiger partial charge in [0.15, 0.2) is 5.17 Å². The second kappa shape index (κ2) is 8.46. The lowest BCUT2D eigenvalue weighted by molar-refractivity contribution is -0.118. The summed E-state index contributed by atoms with van der Waals surface area (Å²) in [5.41, 5.74) is 2.04. The number of hydrogen-bond acceptors (Lipinski definition) is 5. The number of furan rings is 1. The molecule has 1 aliphatic heterocycles. The molecule has 1 atom stereocenters. The molecule has 140 valence electrons. The van der Waals surface area contributed by atoms with Crippen molar-refractivity contribution in [2.75, 3.05) is 0 Å². The number of amides is 1. The average Bonchev–Trinajstić information content (AvgIpc) is 3.31. The highest BCUT2D eigenvalue weighted by atomic mass is 35.5. The maximum atomic E-state index is 12.1. The van der Waals surface area contributed by atoms with Gasteiger partial charge in [-0.25, -0.2) is 0 Å². The molecule has 1 aliphatic rings. The van der Waals surface area contributed by atoms with Gasteiger partial charge < -0.3 is 9.73 Å². The van der Waals surface area contributed by atoms with Crippen LogP contribution in [0.5, 0.6) is 0 Å². The standard InChI is InChI=1S/C21H16ClN3O2S/c22-16-8-6-14(7-9-16)12-19-20(26)24-21(28-19)25-23-13-17-10-11-18(27-17)15-4-2-1-3-5-15/h1-11,13,19H,12H2,(H,24,25,26)/b23-13+. The molecule has 28 heavy (non-hydrogen) atoms. The maximum absolute atomic E-state index is 12.1. The van der Waals surface area contributed by atoms with Gasteiger partial charge in [-0.15, -0.1) is 5.10 Å². The molecule has 1 N–H and O–H groups in total. The number of rotatable bonds is 5. The summed E-state index contributed by atoms with van der Waals surface area (Å²) in [5, 5.41) is 11.8. The Bertz CT molecular complexity index is 1030. The quantitative estimate of drug-likeness (QED) is 0.487. The van der Waals surface area contributed by atoms with Gasteiger partial charge in [-0.3, -0.25) is 4.79 Å². The summed E-state index contributed by atoms with van der Waals surface area (Å²) in [7, 11) is 0. The lowest BCUT2D eigenvalue weighted by Gasteiger charge is -2.05. The molecule has 0 aliphatic carbocycles. The minimum absolute atomic E-state index is 0.0711. The molecule has 1 aromatic heterocycles. The number of carbonyl (C=O) groups excluding carboxylic acids is 1. The number of thioether (sulfide) groups is 1. The van der Waals surface area contributed by atoms with Gasteiger partial charge in [0.25, 0.3) is 0 Å². The van der Waals surface area contributed by atoms with E-state index >= 15 is 0 Å². The molecule has 7 heteroatoms. The van der Waals surface area contributed by atoms with Crippen LogP contribution >= 0.6 is 23.4 Å². The molecule has 1 saturated heterocycles. The minimum Gasteiger partial charge on any atom is -0.455 e. The van der Waals surface area contributed by atoms with Crippen LogP contribution in [0.1, 0.15) is 11.3 Å². The highest BCUT2D eigenvalue weighted by Crippen LogP contribution is 2.24. The third-order valence-corrected chi connectivity index (χ3v) is 5.45. The Morgan fingerprint density at radius 2 is 1.86 bits per heavy atom. The lowest BCUT2D eigenvalue weighted by Crippen LogP contribution is -2.25. The number of nitrogens with zero attached hydrogens (tertiary/aromatic N) is 2. The van der Waals surface area contributed by atoms with Gasteiger partial charge >= 0.3 is 0 Å². The zero-order valence-corrected chi connectivity index (χ0v) is 16.3. The molecule has 5 nitrogen and oxygen atoms in total. The lowest BCUT2D eigenvalue weighted by atomic mass is 10.1. The Balaban J connectivity index is 1.38. The Labute approximate surface area is 171 Å². The van der Waals surface area contributed by atoms with E-state index in [1.807, 2.05) is 66.7 Å². The van der Waals surface area contributed by atoms with Gasteiger partial charge in [-0.05, 0) is 36.2 Å². The Kier molecular flexibility index (Phi) is 5.60. The molecule has 1 fully saturated rings. The second-order valence-corrected chi connectivity index (χ2v) is 7.77. The average molecular weight is 410 g/mol. The molecule has 0 bridgehead atoms. The first-order valence-corrected chi connectivity index (χ1v) is 9.91. The summed E-state index contributed by atoms with van der Waals surface area (Å²) in [6.07, 6.45) is 2.13. The van der Waals surface area contributed by atoms with Crippen LogP contribution < -0.4 is 5.32 Å². The fourth-order valence-electron chi connectivity index (χ4n) is 2.74. The van der Waals surface area contributed by atoms with Crippen LogP contribution in [-0.4, -0.2) is 22.5 Å². The topological polar surface area (TPSA) is 67.0 Å². The van der Waals surface area contributed by atoms with Gasteiger partial charge in [0.2, 0.25) is 5.91 Å². The number of amidine groups is 1. The number of hydrogen-bond donors (Lipinski definition) is 1. The first kappa shape index (κ1) is 18.5. The number of benzene rings is 2. The summed E-state index contributed by atoms with van der Waals surface area (Å²) in [4.78, 5) is 12.1. The minimum atomic E-state index is -0.233. The van der Waals surface area contributed by atoms with E-state index in [1.165, 1.54) is 18.0 Å². The summed E-state index contributed by atoms with van der Waals surface area (Å²) < 4.78 is 5.74. The highest BCUT2D eigenvalue weighted by Gasteiger charge is 2.30. The molecule has 0 spiro atoms. The van der Waals surface area contributed by atoms with Crippen molar-refractivity contribution in [3.63, 3.8) is 0 Å². The Morgan fingerprint density at radius 1 is 1.07 bits per heavy atom. The molecular weight excluding hydrogens is 394 g/mol. The third-order valence-electron chi connectivity index (χ3n) is 4.13. The van der Waals surface area contributed by atoms with Crippen LogP contribution in [0.4, 0.5) is 0 Å². The smallest absolute Gasteiger partial charge is 0.239 e. The van der Waals surface area contributed by atoms with Crippen LogP contribution in [0.15, 0.2) is 81.4 Å². The van der Waals surface area contributed by atoms with Gasteiger partial charge in [-0.1, -0.05) is 65.8 Å². The van der Waals surface area contributed by atoms with Crippen LogP contribution in [0.25, 0.3) is 11.3 Å². The van der Waals surface area contributed by atoms with Gasteiger partial charge in [0.05, 0.1) is 11.5 Å². The van der Waals surface area contributed by atoms with Crippen molar-refractivity contribution in [1.82, 2.24) is 5.32 Å². The van der Waals surface area contributed by atoms with E-state index < -0.39 is 0 Å². The normalized spacial score (nSPS) is 18.1. The van der Waals surface area contributed by atoms with Crippen LogP contribution in [0.2, 0.25) is 5.02 Å². The van der Waals surface area contributed by atoms with Crippen molar-refractivity contribution in [1.29, 1.82) is 0 Å². The van der Waals surface area contributed by atoms with E-state index in [2.05, 4.69) is 15.5 Å². The predicted octanol–water partition coefficient (Wildman–Crippen LogP) is 4.76. The van der Waals surface area contributed by atoms with Crippen LogP contribution in [0, 0.1) is 0 Å². The van der Waals surface area contributed by atoms with E-state index in [4.69, 9.17) is 16.0 Å². The molecule has 4 rings (SSSR count). The molecule has 2 heterocycles. The molecule has 0 saturated carbocycles. The van der Waals surface area contributed by atoms with Gasteiger partial charge in [-0.2, -0.15) is 5.10 Å². The number of nitrogens with one attached hydrogen (secondary N) is 1. The fourth-order valence-corrected chi connectivity index (χ4v) is 3.83. The molecule has 1 amide bonds. The molecule has 0 radical (unpaired) electrons. The Morgan fingerprint density at radius 3 is 2.64 bits per heavy atom. The summed E-state index contributed by atoms with van der Waals surface area (Å²) in [6.45, 7) is 0. The van der Waals surface area contributed by atoms with Gasteiger partial charge in [0, 0.05) is 10.6 Å². The van der Waals surface area contributed by atoms with Crippen molar-refractivity contribution in [2.24, 2.45) is 10.2 Å². The van der Waals surface area contributed by atoms with Crippen LogP contribution in [-0.2, 0) is 11.2 Å². The van der Waals surface area contributed by atoms with Crippen molar-refractivity contribution in [3.8, 4) is 11.3 Å². The maximum Gasteiger partial charge on any atom is 0.239 e. The van der Waals surface area contributed by atoms with Crippen molar-refractivity contribution in [3.05, 3.63) is 83.1 Å². The summed E-state index contributed by atoms with van der Waals surface area (Å²) >= 11 is 7.26. The number of carbonyl (C=O) groups is 1. The monoisotopic (exact) mass is 409 g/mol. The van der Waals surface area contributed by atoms with E-state index in [9.17, 15) is 4.79 Å². The SMILES string of the molecule is O=C1N/C(=N\N=C\c2ccc(-c3ccccc3)o2)SC1Cc1ccc(Cl)cc1. The zero-order chi connectivity index (χ0) is 19.3. The summed E-state index contributed by atoms with van der Waals surface area (Å²) in [5.74, 6) is 1.29. The van der Waals surface area contributed by atoms with E-state index in [0.29, 0.717) is 22.4 Å². The largest absolute Gasteiger partial charge is 0.455 e. The molecule has 2 aromatic carbocycles. The number of halogens is 1. The van der Waals surface area contributed by atoms with Gasteiger partial charge in [0.1, 0.15) is 11.5 Å². The Hall–Kier alpha value is -2.83. The first-order valence-electron chi connectivity index (χ1n) is 8.65. The van der Waals surface area contributed by atoms with Crippen LogP contribution in [0.3, 0.4) is 0 Å². The predicted molar refractivity (Wildman–Crippen MR) is 114 cm³/mol. The van der Waals surface area contributed by atoms with E-state index in [-0.39, 0.29) is 11.2 Å². The van der Waals surface area contributed by atoms with Crippen molar-refractivity contribution < 1.29 is 9.21 Å². The highest BCUT2D eigenvalue weighted by molar-refractivity contribution is 8.15. The fraction of sp³-hybridized carbons (Fsp3) is 0.0952. The first-order chi connectivity index (χ1) is 13.7. The third kappa shape index (κ3) is 4.52. The van der Waals surface area contributed by atoms with Crippen molar-refractivity contribution >= 4 is 40.7 Å². The molecule has 3 aromatic rings. The second-order valence-electron chi connectivity index (χ2n) is 6.14. The zero-order valence-electron chi connectivity index (χ0n) is 14.7. The summed E-state index contributed by atoms with van der Waals surface area (Å²) in [6, 6.07) is 21.0. The molecular formula is C21H16ClN3O2S. The molecule has 1 unspecified atom stereocenters.